The van der Waals surface area contributed by atoms with Gasteiger partial charge in [-0.2, -0.15) is 0 Å². The molecule has 20 heavy (non-hydrogen) atoms. The Hall–Kier alpha value is -1.42. The summed E-state index contributed by atoms with van der Waals surface area (Å²) in [5.41, 5.74) is 1.46. The third-order valence-electron chi connectivity index (χ3n) is 3.47. The number of nitrogens with one attached hydrogen (secondary N) is 1. The number of nitrogens with zero attached hydrogens (tertiary/aromatic N) is 2. The molecule has 0 aliphatic heterocycles. The molecule has 1 aromatic heterocycles. The van der Waals surface area contributed by atoms with Crippen LogP contribution >= 0.6 is 0 Å². The van der Waals surface area contributed by atoms with Crippen LogP contribution in [-0.2, 0) is 0 Å². The zero-order valence-corrected chi connectivity index (χ0v) is 13.5. The molecule has 0 aliphatic rings. The topological polar surface area (TPSA) is 45.2 Å². The number of carbonyl (C=O) groups excluding carboxylic acids is 1. The van der Waals surface area contributed by atoms with Crippen molar-refractivity contribution in [2.45, 2.75) is 40.2 Å². The molecule has 4 nitrogen and oxygen atoms in total. The number of hydrogen-bond acceptors (Lipinski definition) is 3. The number of pyridine rings is 1. The summed E-state index contributed by atoms with van der Waals surface area (Å²) in [7, 11) is 4.10. The van der Waals surface area contributed by atoms with Crippen molar-refractivity contribution >= 4 is 5.91 Å². The van der Waals surface area contributed by atoms with E-state index in [0.29, 0.717) is 5.56 Å². The van der Waals surface area contributed by atoms with Gasteiger partial charge < -0.3 is 10.2 Å². The first kappa shape index (κ1) is 16.6. The van der Waals surface area contributed by atoms with E-state index in [1.165, 1.54) is 0 Å². The molecule has 112 valence electrons. The highest BCUT2D eigenvalue weighted by Crippen LogP contribution is 2.22. The van der Waals surface area contributed by atoms with Gasteiger partial charge in [-0.1, -0.05) is 20.8 Å². The normalized spacial score (nSPS) is 13.3. The second-order valence-corrected chi connectivity index (χ2v) is 6.62. The number of aromatic nitrogens is 1. The predicted octanol–water partition coefficient (Wildman–Crippen LogP) is 2.49. The minimum atomic E-state index is -0.0331. The van der Waals surface area contributed by atoms with Crippen LogP contribution < -0.4 is 5.32 Å². The first-order valence-corrected chi connectivity index (χ1v) is 7.09. The summed E-state index contributed by atoms with van der Waals surface area (Å²) in [6, 6.07) is 3.76. The van der Waals surface area contributed by atoms with Gasteiger partial charge in [0.05, 0.1) is 5.56 Å². The zero-order valence-electron chi connectivity index (χ0n) is 13.5. The van der Waals surface area contributed by atoms with Crippen molar-refractivity contribution < 1.29 is 4.79 Å². The fourth-order valence-corrected chi connectivity index (χ4v) is 2.07. The van der Waals surface area contributed by atoms with Crippen LogP contribution in [0.5, 0.6) is 0 Å². The summed E-state index contributed by atoms with van der Waals surface area (Å²) >= 11 is 0. The van der Waals surface area contributed by atoms with E-state index in [4.69, 9.17) is 0 Å². The zero-order chi connectivity index (χ0) is 15.3. The van der Waals surface area contributed by atoms with E-state index in [-0.39, 0.29) is 17.4 Å². The Bertz CT molecular complexity index is 449. The Morgan fingerprint density at radius 2 is 2.05 bits per heavy atom. The Kier molecular flexibility index (Phi) is 5.69. The van der Waals surface area contributed by atoms with Gasteiger partial charge in [0.2, 0.25) is 0 Å². The van der Waals surface area contributed by atoms with E-state index < -0.39 is 0 Å². The van der Waals surface area contributed by atoms with E-state index in [0.717, 1.165) is 18.7 Å². The van der Waals surface area contributed by atoms with Crippen molar-refractivity contribution in [2.24, 2.45) is 5.41 Å². The molecule has 0 aliphatic carbocycles. The molecule has 1 amide bonds. The fourth-order valence-electron chi connectivity index (χ4n) is 2.07. The average Bonchev–Trinajstić information content (AvgIpc) is 2.33. The van der Waals surface area contributed by atoms with Crippen molar-refractivity contribution in [2.75, 3.05) is 20.6 Å². The summed E-state index contributed by atoms with van der Waals surface area (Å²) in [5, 5.41) is 3.16. The predicted molar refractivity (Wildman–Crippen MR) is 82.9 cm³/mol. The maximum Gasteiger partial charge on any atom is 0.253 e. The Morgan fingerprint density at radius 1 is 1.40 bits per heavy atom. The lowest BCUT2D eigenvalue weighted by molar-refractivity contribution is 0.0892. The number of aryl methyl sites for hydroxylation is 1. The monoisotopic (exact) mass is 277 g/mol. The molecular formula is C16H27N3O. The Balaban J connectivity index is 2.80. The first-order valence-electron chi connectivity index (χ1n) is 7.09. The van der Waals surface area contributed by atoms with Gasteiger partial charge in [-0.05, 0) is 51.5 Å². The molecule has 0 aromatic carbocycles. The van der Waals surface area contributed by atoms with Crippen molar-refractivity contribution in [3.05, 3.63) is 29.6 Å². The van der Waals surface area contributed by atoms with Crippen LogP contribution in [-0.4, -0.2) is 42.5 Å². The molecule has 0 spiro atoms. The molecule has 0 unspecified atom stereocenters. The maximum absolute atomic E-state index is 12.4. The molecule has 0 fully saturated rings. The molecule has 1 rings (SSSR count). The standard InChI is InChI=1S/C16H27N3O/c1-12-13(8-7-10-17-12)15(20)18-14(16(2,3)4)9-11-19(5)6/h7-8,10,14H,9,11H2,1-6H3,(H,18,20)/t14-/m1/s1. The largest absolute Gasteiger partial charge is 0.349 e. The number of carbonyl (C=O) groups is 1. The average molecular weight is 277 g/mol. The van der Waals surface area contributed by atoms with Gasteiger partial charge in [0.25, 0.3) is 5.91 Å². The summed E-state index contributed by atoms with van der Waals surface area (Å²) < 4.78 is 0. The highest BCUT2D eigenvalue weighted by molar-refractivity contribution is 5.95. The van der Waals surface area contributed by atoms with E-state index in [9.17, 15) is 4.79 Å². The molecule has 1 aromatic rings. The van der Waals surface area contributed by atoms with E-state index in [1.807, 2.05) is 27.1 Å². The van der Waals surface area contributed by atoms with Crippen molar-refractivity contribution in [3.8, 4) is 0 Å². The van der Waals surface area contributed by atoms with Crippen molar-refractivity contribution in [1.29, 1.82) is 0 Å². The summed E-state index contributed by atoms with van der Waals surface area (Å²) in [6.07, 6.45) is 2.64. The Labute approximate surface area is 122 Å². The minimum absolute atomic E-state index is 0.0295. The summed E-state index contributed by atoms with van der Waals surface area (Å²) in [6.45, 7) is 9.28. The van der Waals surface area contributed by atoms with Gasteiger partial charge in [-0.15, -0.1) is 0 Å². The van der Waals surface area contributed by atoms with Gasteiger partial charge in [0, 0.05) is 17.9 Å². The second-order valence-electron chi connectivity index (χ2n) is 6.62. The van der Waals surface area contributed by atoms with Crippen LogP contribution in [0.3, 0.4) is 0 Å². The van der Waals surface area contributed by atoms with Crippen LogP contribution in [0.2, 0.25) is 0 Å². The van der Waals surface area contributed by atoms with Crippen LogP contribution in [0.4, 0.5) is 0 Å². The van der Waals surface area contributed by atoms with Gasteiger partial charge in [0.15, 0.2) is 0 Å². The third-order valence-corrected chi connectivity index (χ3v) is 3.47. The fraction of sp³-hybridized carbons (Fsp3) is 0.625. The summed E-state index contributed by atoms with van der Waals surface area (Å²) in [4.78, 5) is 18.7. The SMILES string of the molecule is Cc1ncccc1C(=O)N[C@H](CCN(C)C)C(C)(C)C. The van der Waals surface area contributed by atoms with Crippen LogP contribution in [0.15, 0.2) is 18.3 Å². The smallest absolute Gasteiger partial charge is 0.253 e. The lowest BCUT2D eigenvalue weighted by atomic mass is 9.84. The van der Waals surface area contributed by atoms with Crippen LogP contribution in [0.25, 0.3) is 0 Å². The van der Waals surface area contributed by atoms with Crippen molar-refractivity contribution in [3.63, 3.8) is 0 Å². The Morgan fingerprint density at radius 3 is 2.55 bits per heavy atom. The highest BCUT2D eigenvalue weighted by atomic mass is 16.1. The van der Waals surface area contributed by atoms with Crippen LogP contribution in [0, 0.1) is 12.3 Å². The van der Waals surface area contributed by atoms with Gasteiger partial charge in [-0.25, -0.2) is 0 Å². The van der Waals surface area contributed by atoms with Gasteiger partial charge in [0.1, 0.15) is 0 Å². The maximum atomic E-state index is 12.4. The van der Waals surface area contributed by atoms with Gasteiger partial charge >= 0.3 is 0 Å². The van der Waals surface area contributed by atoms with E-state index >= 15 is 0 Å². The second kappa shape index (κ2) is 6.84. The number of hydrogen-bond donors (Lipinski definition) is 1. The van der Waals surface area contributed by atoms with E-state index in [1.54, 1.807) is 12.3 Å². The van der Waals surface area contributed by atoms with E-state index in [2.05, 4.69) is 36.0 Å². The minimum Gasteiger partial charge on any atom is -0.349 e. The quantitative estimate of drug-likeness (QED) is 0.899. The molecule has 1 N–H and O–H groups in total. The van der Waals surface area contributed by atoms with Gasteiger partial charge in [-0.3, -0.25) is 9.78 Å². The van der Waals surface area contributed by atoms with Crippen molar-refractivity contribution in [1.82, 2.24) is 15.2 Å². The summed E-state index contributed by atoms with van der Waals surface area (Å²) in [5.74, 6) is -0.0331. The molecule has 0 saturated carbocycles. The number of rotatable bonds is 5. The lowest BCUT2D eigenvalue weighted by Gasteiger charge is -2.32. The molecule has 1 heterocycles. The molecular weight excluding hydrogens is 250 g/mol. The van der Waals surface area contributed by atoms with Crippen LogP contribution in [0.1, 0.15) is 43.2 Å². The lowest BCUT2D eigenvalue weighted by Crippen LogP contribution is -2.45. The molecule has 1 atom stereocenters. The highest BCUT2D eigenvalue weighted by Gasteiger charge is 2.26. The first-order chi connectivity index (χ1) is 9.21. The molecule has 0 saturated heterocycles. The molecule has 4 heteroatoms. The molecule has 0 radical (unpaired) electrons. The number of amides is 1. The third kappa shape index (κ3) is 4.93. The molecule has 0 bridgehead atoms.